The number of carbonyl (C=O) groups excluding carboxylic acids is 1. The number of hydrogen-bond donors (Lipinski definition) is 1. The summed E-state index contributed by atoms with van der Waals surface area (Å²) in [6, 6.07) is 14.2. The molecule has 0 saturated heterocycles. The number of amides is 1. The molecule has 2 aromatic carbocycles. The second-order valence-electron chi connectivity index (χ2n) is 4.14. The highest BCUT2D eigenvalue weighted by Crippen LogP contribution is 2.16. The first-order valence-corrected chi connectivity index (χ1v) is 6.34. The van der Waals surface area contributed by atoms with Gasteiger partial charge in [-0.05, 0) is 43.3 Å². The van der Waals surface area contributed by atoms with Crippen molar-refractivity contribution in [2.24, 2.45) is 0 Å². The van der Waals surface area contributed by atoms with Crippen LogP contribution < -0.4 is 10.1 Å². The third kappa shape index (κ3) is 3.39. The highest BCUT2D eigenvalue weighted by molar-refractivity contribution is 6.04. The van der Waals surface area contributed by atoms with Crippen molar-refractivity contribution in [3.8, 4) is 18.1 Å². The van der Waals surface area contributed by atoms with Gasteiger partial charge in [0.2, 0.25) is 0 Å². The maximum atomic E-state index is 12.2. The number of carbonyl (C=O) groups is 1. The lowest BCUT2D eigenvalue weighted by Crippen LogP contribution is -2.12. The Hall–Kier alpha value is -2.73. The van der Waals surface area contributed by atoms with E-state index >= 15 is 0 Å². The van der Waals surface area contributed by atoms with Crippen LogP contribution in [0.3, 0.4) is 0 Å². The predicted molar refractivity (Wildman–Crippen MR) is 79.9 cm³/mol. The fourth-order valence-corrected chi connectivity index (χ4v) is 1.78. The first-order valence-electron chi connectivity index (χ1n) is 6.34. The van der Waals surface area contributed by atoms with E-state index in [0.29, 0.717) is 23.6 Å². The number of anilines is 1. The van der Waals surface area contributed by atoms with Crippen molar-refractivity contribution in [1.82, 2.24) is 0 Å². The lowest BCUT2D eigenvalue weighted by atomic mass is 10.1. The highest BCUT2D eigenvalue weighted by atomic mass is 16.5. The van der Waals surface area contributed by atoms with Gasteiger partial charge in [-0.2, -0.15) is 0 Å². The number of benzene rings is 2. The molecule has 1 amide bonds. The van der Waals surface area contributed by atoms with Gasteiger partial charge in [0.05, 0.1) is 6.61 Å². The molecule has 3 heteroatoms. The Balaban J connectivity index is 2.15. The van der Waals surface area contributed by atoms with Gasteiger partial charge in [0.15, 0.2) is 0 Å². The Morgan fingerprint density at radius 3 is 2.80 bits per heavy atom. The van der Waals surface area contributed by atoms with E-state index in [2.05, 4.69) is 11.2 Å². The monoisotopic (exact) mass is 265 g/mol. The molecule has 0 aliphatic rings. The van der Waals surface area contributed by atoms with E-state index in [9.17, 15) is 4.79 Å². The molecule has 100 valence electrons. The molecule has 0 aliphatic carbocycles. The van der Waals surface area contributed by atoms with E-state index in [1.54, 1.807) is 36.4 Å². The molecular weight excluding hydrogens is 250 g/mol. The highest BCUT2D eigenvalue weighted by Gasteiger charge is 2.07. The molecule has 20 heavy (non-hydrogen) atoms. The molecule has 0 aliphatic heterocycles. The Kier molecular flexibility index (Phi) is 4.41. The largest absolute Gasteiger partial charge is 0.494 e. The fraction of sp³-hybridized carbons (Fsp3) is 0.118. The fourth-order valence-electron chi connectivity index (χ4n) is 1.78. The van der Waals surface area contributed by atoms with Crippen LogP contribution in [0.15, 0.2) is 48.5 Å². The van der Waals surface area contributed by atoms with Crippen molar-refractivity contribution in [3.63, 3.8) is 0 Å². The summed E-state index contributed by atoms with van der Waals surface area (Å²) in [6.07, 6.45) is 5.33. The van der Waals surface area contributed by atoms with Gasteiger partial charge in [-0.1, -0.05) is 18.1 Å². The Bertz CT molecular complexity index is 656. The third-order valence-electron chi connectivity index (χ3n) is 2.69. The predicted octanol–water partition coefficient (Wildman–Crippen LogP) is 3.32. The average Bonchev–Trinajstić information content (AvgIpc) is 2.48. The summed E-state index contributed by atoms with van der Waals surface area (Å²) in [5, 5.41) is 2.81. The molecule has 0 heterocycles. The van der Waals surface area contributed by atoms with Crippen molar-refractivity contribution in [2.45, 2.75) is 6.92 Å². The van der Waals surface area contributed by atoms with Gasteiger partial charge in [0, 0.05) is 16.8 Å². The van der Waals surface area contributed by atoms with Gasteiger partial charge in [-0.15, -0.1) is 6.42 Å². The van der Waals surface area contributed by atoms with Crippen LogP contribution in [0.2, 0.25) is 0 Å². The maximum absolute atomic E-state index is 12.2. The first kappa shape index (κ1) is 13.7. The number of hydrogen-bond acceptors (Lipinski definition) is 2. The molecule has 0 fully saturated rings. The summed E-state index contributed by atoms with van der Waals surface area (Å²) in [5.41, 5.74) is 1.94. The van der Waals surface area contributed by atoms with E-state index in [4.69, 9.17) is 11.2 Å². The van der Waals surface area contributed by atoms with Gasteiger partial charge in [0.25, 0.3) is 5.91 Å². The minimum absolute atomic E-state index is 0.194. The quantitative estimate of drug-likeness (QED) is 0.861. The van der Waals surface area contributed by atoms with Crippen molar-refractivity contribution in [2.75, 3.05) is 11.9 Å². The second-order valence-corrected chi connectivity index (χ2v) is 4.14. The average molecular weight is 265 g/mol. The molecule has 0 aromatic heterocycles. The normalized spacial score (nSPS) is 9.60. The number of ether oxygens (including phenoxy) is 1. The maximum Gasteiger partial charge on any atom is 0.255 e. The summed E-state index contributed by atoms with van der Waals surface area (Å²) in [5.74, 6) is 3.02. The number of rotatable bonds is 4. The zero-order chi connectivity index (χ0) is 14.4. The van der Waals surface area contributed by atoms with Crippen LogP contribution in [0.25, 0.3) is 0 Å². The molecule has 0 bridgehead atoms. The van der Waals surface area contributed by atoms with E-state index in [0.717, 1.165) is 5.56 Å². The Labute approximate surface area is 118 Å². The van der Waals surface area contributed by atoms with E-state index in [1.807, 2.05) is 19.1 Å². The van der Waals surface area contributed by atoms with Gasteiger partial charge in [-0.3, -0.25) is 4.79 Å². The Morgan fingerprint density at radius 1 is 1.25 bits per heavy atom. The molecule has 2 aromatic rings. The molecule has 0 radical (unpaired) electrons. The summed E-state index contributed by atoms with van der Waals surface area (Å²) in [4.78, 5) is 12.2. The van der Waals surface area contributed by atoms with Crippen LogP contribution in [-0.2, 0) is 0 Å². The Morgan fingerprint density at radius 2 is 2.05 bits per heavy atom. The molecule has 0 spiro atoms. The van der Waals surface area contributed by atoms with Crippen molar-refractivity contribution in [3.05, 3.63) is 59.7 Å². The van der Waals surface area contributed by atoms with Gasteiger partial charge < -0.3 is 10.1 Å². The minimum Gasteiger partial charge on any atom is -0.494 e. The number of terminal acetylenes is 1. The zero-order valence-corrected chi connectivity index (χ0v) is 11.2. The van der Waals surface area contributed by atoms with Crippen molar-refractivity contribution >= 4 is 11.6 Å². The summed E-state index contributed by atoms with van der Waals surface area (Å²) in [6.45, 7) is 2.47. The first-order chi connectivity index (χ1) is 9.72. The van der Waals surface area contributed by atoms with E-state index in [-0.39, 0.29) is 5.91 Å². The summed E-state index contributed by atoms with van der Waals surface area (Å²) in [7, 11) is 0. The van der Waals surface area contributed by atoms with Crippen LogP contribution in [-0.4, -0.2) is 12.5 Å². The SMILES string of the molecule is C#Cc1cccc(NC(=O)c2cccc(OCC)c2)c1. The topological polar surface area (TPSA) is 38.3 Å². The molecular formula is C17H15NO2. The van der Waals surface area contributed by atoms with Crippen LogP contribution in [0.1, 0.15) is 22.8 Å². The minimum atomic E-state index is -0.194. The molecule has 0 atom stereocenters. The third-order valence-corrected chi connectivity index (χ3v) is 2.69. The lowest BCUT2D eigenvalue weighted by Gasteiger charge is -2.08. The van der Waals surface area contributed by atoms with Crippen molar-refractivity contribution < 1.29 is 9.53 Å². The van der Waals surface area contributed by atoms with Gasteiger partial charge >= 0.3 is 0 Å². The molecule has 1 N–H and O–H groups in total. The van der Waals surface area contributed by atoms with Crippen LogP contribution >= 0.6 is 0 Å². The molecule has 2 rings (SSSR count). The van der Waals surface area contributed by atoms with Crippen LogP contribution in [0, 0.1) is 12.3 Å². The lowest BCUT2D eigenvalue weighted by molar-refractivity contribution is 0.102. The van der Waals surface area contributed by atoms with E-state index < -0.39 is 0 Å². The van der Waals surface area contributed by atoms with Crippen LogP contribution in [0.5, 0.6) is 5.75 Å². The van der Waals surface area contributed by atoms with E-state index in [1.165, 1.54) is 0 Å². The van der Waals surface area contributed by atoms with Crippen LogP contribution in [0.4, 0.5) is 5.69 Å². The summed E-state index contributed by atoms with van der Waals surface area (Å²) < 4.78 is 5.38. The number of nitrogens with one attached hydrogen (secondary N) is 1. The smallest absolute Gasteiger partial charge is 0.255 e. The van der Waals surface area contributed by atoms with Gasteiger partial charge in [-0.25, -0.2) is 0 Å². The zero-order valence-electron chi connectivity index (χ0n) is 11.2. The summed E-state index contributed by atoms with van der Waals surface area (Å²) >= 11 is 0. The second kappa shape index (κ2) is 6.44. The molecule has 3 nitrogen and oxygen atoms in total. The molecule has 0 unspecified atom stereocenters. The molecule has 0 saturated carbocycles. The van der Waals surface area contributed by atoms with Crippen molar-refractivity contribution in [1.29, 1.82) is 0 Å². The standard InChI is InChI=1S/C17H15NO2/c1-3-13-7-5-9-15(11-13)18-17(19)14-8-6-10-16(12-14)20-4-2/h1,5-12H,4H2,2H3,(H,18,19). The van der Waals surface area contributed by atoms with Gasteiger partial charge in [0.1, 0.15) is 5.75 Å².